The van der Waals surface area contributed by atoms with E-state index in [9.17, 15) is 22.8 Å². The molecule has 196 valence electrons. The van der Waals surface area contributed by atoms with Gasteiger partial charge in [-0.1, -0.05) is 12.1 Å². The average molecular weight is 508 g/mol. The number of fused-ring (bicyclic) bond motifs is 1. The molecule has 1 aromatic carbocycles. The van der Waals surface area contributed by atoms with E-state index in [2.05, 4.69) is 5.10 Å². The number of carbonyl (C=O) groups is 2. The molecule has 1 aliphatic carbocycles. The Kier molecular flexibility index (Phi) is 7.90. The highest BCUT2D eigenvalue weighted by atomic mass is 19.4. The predicted molar refractivity (Wildman–Crippen MR) is 125 cm³/mol. The van der Waals surface area contributed by atoms with Crippen LogP contribution in [0.2, 0.25) is 0 Å². The summed E-state index contributed by atoms with van der Waals surface area (Å²) in [6.45, 7) is 2.65. The minimum atomic E-state index is -4.56. The minimum absolute atomic E-state index is 0.0639. The SMILES string of the molecule is CCOC(=O)[C@H]1CC[C@H](CC(=O)N2CCc3c(C(F)(F)F)nn(Cc4ccc(OC)cc4)c3C2)CC1. The Morgan fingerprint density at radius 2 is 1.81 bits per heavy atom. The molecular weight excluding hydrogens is 475 g/mol. The molecular formula is C26H32F3N3O4. The van der Waals surface area contributed by atoms with Gasteiger partial charge in [0.1, 0.15) is 5.75 Å². The Morgan fingerprint density at radius 3 is 2.42 bits per heavy atom. The molecule has 1 amide bonds. The second-order valence-electron chi connectivity index (χ2n) is 9.52. The summed E-state index contributed by atoms with van der Waals surface area (Å²) >= 11 is 0. The molecule has 4 rings (SSSR count). The van der Waals surface area contributed by atoms with Crippen LogP contribution in [0, 0.1) is 11.8 Å². The monoisotopic (exact) mass is 507 g/mol. The Balaban J connectivity index is 1.44. The Morgan fingerprint density at radius 1 is 1.11 bits per heavy atom. The molecule has 0 unspecified atom stereocenters. The van der Waals surface area contributed by atoms with E-state index in [1.165, 1.54) is 4.68 Å². The maximum atomic E-state index is 13.7. The van der Waals surface area contributed by atoms with Crippen molar-refractivity contribution >= 4 is 11.9 Å². The number of methoxy groups -OCH3 is 1. The number of carbonyl (C=O) groups excluding carboxylic acids is 2. The number of halogens is 3. The van der Waals surface area contributed by atoms with Crippen LogP contribution in [0.4, 0.5) is 13.2 Å². The van der Waals surface area contributed by atoms with E-state index in [1.54, 1.807) is 43.2 Å². The highest BCUT2D eigenvalue weighted by molar-refractivity contribution is 5.77. The van der Waals surface area contributed by atoms with E-state index in [-0.39, 0.29) is 55.3 Å². The number of benzene rings is 1. The number of ether oxygens (including phenoxy) is 2. The molecule has 0 spiro atoms. The normalized spacial score (nSPS) is 20.1. The van der Waals surface area contributed by atoms with Crippen LogP contribution in [0.5, 0.6) is 5.75 Å². The Hall–Kier alpha value is -3.04. The van der Waals surface area contributed by atoms with Crippen molar-refractivity contribution in [3.63, 3.8) is 0 Å². The standard InChI is InChI=1S/C26H32F3N3O4/c1-3-36-25(34)19-8-4-17(5-9-19)14-23(33)31-13-12-21-22(16-31)32(30-24(21)26(27,28)29)15-18-6-10-20(35-2)11-7-18/h6-7,10-11,17,19H,3-5,8-9,12-16H2,1-2H3/t17-,19-. The zero-order chi connectivity index (χ0) is 25.9. The number of alkyl halides is 3. The number of rotatable bonds is 7. The van der Waals surface area contributed by atoms with Crippen LogP contribution in [0.25, 0.3) is 0 Å². The van der Waals surface area contributed by atoms with Gasteiger partial charge < -0.3 is 14.4 Å². The fourth-order valence-corrected chi connectivity index (χ4v) is 5.19. The van der Waals surface area contributed by atoms with E-state index in [0.29, 0.717) is 37.3 Å². The van der Waals surface area contributed by atoms with Gasteiger partial charge in [-0.2, -0.15) is 18.3 Å². The number of aromatic nitrogens is 2. The molecule has 0 radical (unpaired) electrons. The molecule has 0 N–H and O–H groups in total. The van der Waals surface area contributed by atoms with Crippen LogP contribution in [-0.2, 0) is 40.0 Å². The maximum absolute atomic E-state index is 13.7. The molecule has 0 saturated heterocycles. The van der Waals surface area contributed by atoms with Gasteiger partial charge in [-0.05, 0) is 62.6 Å². The molecule has 2 aliphatic rings. The average Bonchev–Trinajstić information content (AvgIpc) is 3.23. The van der Waals surface area contributed by atoms with Crippen molar-refractivity contribution < 1.29 is 32.2 Å². The third-order valence-corrected chi connectivity index (χ3v) is 7.18. The van der Waals surface area contributed by atoms with Crippen LogP contribution in [0.15, 0.2) is 24.3 Å². The fraction of sp³-hybridized carbons (Fsp3) is 0.577. The smallest absolute Gasteiger partial charge is 0.435 e. The molecule has 2 heterocycles. The molecule has 1 saturated carbocycles. The number of esters is 1. The third kappa shape index (κ3) is 5.84. The third-order valence-electron chi connectivity index (χ3n) is 7.18. The molecule has 0 atom stereocenters. The van der Waals surface area contributed by atoms with Gasteiger partial charge >= 0.3 is 12.1 Å². The minimum Gasteiger partial charge on any atom is -0.497 e. The van der Waals surface area contributed by atoms with Gasteiger partial charge in [0, 0.05) is 18.5 Å². The summed E-state index contributed by atoms with van der Waals surface area (Å²) in [6.07, 6.45) is -1.17. The van der Waals surface area contributed by atoms with Crippen molar-refractivity contribution in [1.82, 2.24) is 14.7 Å². The molecule has 36 heavy (non-hydrogen) atoms. The summed E-state index contributed by atoms with van der Waals surface area (Å²) in [7, 11) is 1.55. The largest absolute Gasteiger partial charge is 0.497 e. The number of hydrogen-bond donors (Lipinski definition) is 0. The maximum Gasteiger partial charge on any atom is 0.435 e. The predicted octanol–water partition coefficient (Wildman–Crippen LogP) is 4.60. The van der Waals surface area contributed by atoms with Gasteiger partial charge in [0.15, 0.2) is 5.69 Å². The molecule has 1 fully saturated rings. The molecule has 0 bridgehead atoms. The van der Waals surface area contributed by atoms with E-state index in [0.717, 1.165) is 18.4 Å². The van der Waals surface area contributed by atoms with Crippen molar-refractivity contribution in [3.8, 4) is 5.75 Å². The Bertz CT molecular complexity index is 1070. The second kappa shape index (κ2) is 10.9. The first kappa shape index (κ1) is 26.0. The van der Waals surface area contributed by atoms with E-state index in [4.69, 9.17) is 9.47 Å². The summed E-state index contributed by atoms with van der Waals surface area (Å²) < 4.78 is 52.8. The fourth-order valence-electron chi connectivity index (χ4n) is 5.19. The lowest BCUT2D eigenvalue weighted by molar-refractivity contribution is -0.149. The zero-order valence-electron chi connectivity index (χ0n) is 20.6. The van der Waals surface area contributed by atoms with E-state index < -0.39 is 11.9 Å². The molecule has 1 aliphatic heterocycles. The number of nitrogens with zero attached hydrogens (tertiary/aromatic N) is 3. The number of hydrogen-bond acceptors (Lipinski definition) is 5. The lowest BCUT2D eigenvalue weighted by atomic mass is 9.80. The van der Waals surface area contributed by atoms with E-state index >= 15 is 0 Å². The summed E-state index contributed by atoms with van der Waals surface area (Å²) in [5, 5.41) is 3.93. The van der Waals surface area contributed by atoms with Crippen LogP contribution in [0.1, 0.15) is 61.5 Å². The van der Waals surface area contributed by atoms with Crippen molar-refractivity contribution in [2.45, 2.75) is 64.7 Å². The summed E-state index contributed by atoms with van der Waals surface area (Å²) in [6, 6.07) is 7.09. The van der Waals surface area contributed by atoms with Crippen LogP contribution < -0.4 is 4.74 Å². The molecule has 10 heteroatoms. The van der Waals surface area contributed by atoms with Crippen LogP contribution in [0.3, 0.4) is 0 Å². The second-order valence-corrected chi connectivity index (χ2v) is 9.52. The van der Waals surface area contributed by atoms with Crippen molar-refractivity contribution in [2.24, 2.45) is 11.8 Å². The first-order chi connectivity index (χ1) is 17.2. The lowest BCUT2D eigenvalue weighted by Crippen LogP contribution is -2.38. The highest BCUT2D eigenvalue weighted by Crippen LogP contribution is 2.36. The van der Waals surface area contributed by atoms with E-state index in [1.807, 2.05) is 0 Å². The summed E-state index contributed by atoms with van der Waals surface area (Å²) in [5.41, 5.74) is 0.533. The molecule has 2 aromatic rings. The molecule has 7 nitrogen and oxygen atoms in total. The first-order valence-electron chi connectivity index (χ1n) is 12.4. The number of amides is 1. The van der Waals surface area contributed by atoms with Gasteiger partial charge in [-0.3, -0.25) is 14.3 Å². The van der Waals surface area contributed by atoms with Gasteiger partial charge in [0.05, 0.1) is 38.4 Å². The van der Waals surface area contributed by atoms with Crippen molar-refractivity contribution in [3.05, 3.63) is 46.8 Å². The van der Waals surface area contributed by atoms with Gasteiger partial charge in [-0.25, -0.2) is 0 Å². The van der Waals surface area contributed by atoms with Crippen molar-refractivity contribution in [2.75, 3.05) is 20.3 Å². The quantitative estimate of drug-likeness (QED) is 0.512. The Labute approximate surface area is 208 Å². The van der Waals surface area contributed by atoms with Gasteiger partial charge in [0.25, 0.3) is 0 Å². The zero-order valence-corrected chi connectivity index (χ0v) is 20.6. The first-order valence-corrected chi connectivity index (χ1v) is 12.4. The summed E-state index contributed by atoms with van der Waals surface area (Å²) in [4.78, 5) is 26.7. The van der Waals surface area contributed by atoms with Crippen molar-refractivity contribution in [1.29, 1.82) is 0 Å². The topological polar surface area (TPSA) is 73.7 Å². The molecule has 1 aromatic heterocycles. The van der Waals surface area contributed by atoms with Crippen LogP contribution in [-0.4, -0.2) is 46.8 Å². The lowest BCUT2D eigenvalue weighted by Gasteiger charge is -2.31. The van der Waals surface area contributed by atoms with Gasteiger partial charge in [0.2, 0.25) is 5.91 Å². The van der Waals surface area contributed by atoms with Gasteiger partial charge in [-0.15, -0.1) is 0 Å². The highest BCUT2D eigenvalue weighted by Gasteiger charge is 2.41. The summed E-state index contributed by atoms with van der Waals surface area (Å²) in [5.74, 6) is 0.481. The van der Waals surface area contributed by atoms with Crippen LogP contribution >= 0.6 is 0 Å².